The molecule has 0 saturated carbocycles. The Kier molecular flexibility index (Phi) is 9.08. The van der Waals surface area contributed by atoms with E-state index < -0.39 is 10.4 Å². The highest BCUT2D eigenvalue weighted by Gasteiger charge is 2.03. The zero-order chi connectivity index (χ0) is 9.49. The molecule has 70 valence electrons. The fourth-order valence-electron chi connectivity index (χ4n) is 0.0577. The van der Waals surface area contributed by atoms with Crippen LogP contribution < -0.4 is 0 Å². The second-order valence-corrected chi connectivity index (χ2v) is 4.43. The van der Waals surface area contributed by atoms with E-state index >= 15 is 0 Å². The average molecular weight is 205 g/mol. The molecular formula is C6H14Cl2O3. The van der Waals surface area contributed by atoms with Crippen LogP contribution in [0.15, 0.2) is 0 Å². The maximum atomic E-state index is 8.17. The van der Waals surface area contributed by atoms with Gasteiger partial charge < -0.3 is 15.3 Å². The molecule has 3 N–H and O–H groups in total. The second kappa shape index (κ2) is 7.13. The van der Waals surface area contributed by atoms with E-state index in [-0.39, 0.29) is 13.2 Å². The summed E-state index contributed by atoms with van der Waals surface area (Å²) in [5.41, 5.74) is 0. The lowest BCUT2D eigenvalue weighted by atomic mass is 10.4. The summed E-state index contributed by atoms with van der Waals surface area (Å²) in [6, 6.07) is 0. The van der Waals surface area contributed by atoms with Crippen LogP contribution in [-0.2, 0) is 0 Å². The van der Waals surface area contributed by atoms with Crippen molar-refractivity contribution >= 4 is 23.2 Å². The Morgan fingerprint density at radius 2 is 1.36 bits per heavy atom. The molecule has 0 aliphatic rings. The molecule has 5 heteroatoms. The lowest BCUT2D eigenvalue weighted by Crippen LogP contribution is -2.15. The standard InChI is InChI=1S/C3H6Cl2.C3H8O3/c1-3(2,4)5;4-1-3(6)2-5/h1-2H3;3-6H,1-2H2. The van der Waals surface area contributed by atoms with E-state index in [2.05, 4.69) is 0 Å². The summed E-state index contributed by atoms with van der Waals surface area (Å²) in [7, 11) is 0. The highest BCUT2D eigenvalue weighted by Crippen LogP contribution is 2.16. The van der Waals surface area contributed by atoms with E-state index in [4.69, 9.17) is 38.5 Å². The lowest BCUT2D eigenvalue weighted by Gasteiger charge is -1.98. The first-order valence-corrected chi connectivity index (χ1v) is 3.84. The molecule has 3 nitrogen and oxygen atoms in total. The Hall–Kier alpha value is 0.460. The van der Waals surface area contributed by atoms with Crippen LogP contribution in [0, 0.1) is 0 Å². The van der Waals surface area contributed by atoms with E-state index in [1.165, 1.54) is 0 Å². The van der Waals surface area contributed by atoms with Gasteiger partial charge >= 0.3 is 0 Å². The van der Waals surface area contributed by atoms with Crippen molar-refractivity contribution in [3.8, 4) is 0 Å². The van der Waals surface area contributed by atoms with Gasteiger partial charge in [0.1, 0.15) is 10.4 Å². The quantitative estimate of drug-likeness (QED) is 0.576. The summed E-state index contributed by atoms with van der Waals surface area (Å²) in [6.07, 6.45) is -0.954. The monoisotopic (exact) mass is 204 g/mol. The minimum Gasteiger partial charge on any atom is -0.394 e. The largest absolute Gasteiger partial charge is 0.394 e. The molecule has 0 heterocycles. The third kappa shape index (κ3) is 37.6. The van der Waals surface area contributed by atoms with Gasteiger partial charge in [-0.1, -0.05) is 0 Å². The number of aliphatic hydroxyl groups excluding tert-OH is 3. The first kappa shape index (κ1) is 14.0. The van der Waals surface area contributed by atoms with Crippen LogP contribution >= 0.6 is 23.2 Å². The molecule has 0 amide bonds. The SMILES string of the molecule is CC(C)(Cl)Cl.OCC(O)CO. The van der Waals surface area contributed by atoms with Crippen LogP contribution in [0.1, 0.15) is 13.8 Å². The molecule has 0 aliphatic heterocycles. The third-order valence-corrected chi connectivity index (χ3v) is 0.421. The van der Waals surface area contributed by atoms with E-state index in [1.54, 1.807) is 13.8 Å². The molecular weight excluding hydrogens is 191 g/mol. The first-order chi connectivity index (χ1) is 4.81. The zero-order valence-corrected chi connectivity index (χ0v) is 8.10. The number of aliphatic hydroxyl groups is 3. The van der Waals surface area contributed by atoms with Crippen LogP contribution in [-0.4, -0.2) is 39.0 Å². The maximum Gasteiger partial charge on any atom is 0.112 e. The molecule has 0 radical (unpaired) electrons. The molecule has 0 atom stereocenters. The van der Waals surface area contributed by atoms with E-state index in [1.807, 2.05) is 0 Å². The molecule has 0 aromatic rings. The minimum absolute atomic E-state index is 0.365. The van der Waals surface area contributed by atoms with Gasteiger partial charge in [0.2, 0.25) is 0 Å². The van der Waals surface area contributed by atoms with Crippen LogP contribution in [0.4, 0.5) is 0 Å². The van der Waals surface area contributed by atoms with Gasteiger partial charge in [0, 0.05) is 0 Å². The van der Waals surface area contributed by atoms with Gasteiger partial charge in [0.25, 0.3) is 0 Å². The van der Waals surface area contributed by atoms with Crippen molar-refractivity contribution in [3.63, 3.8) is 0 Å². The topological polar surface area (TPSA) is 60.7 Å². The second-order valence-electron chi connectivity index (χ2n) is 2.35. The normalized spacial score (nSPS) is 10.9. The summed E-state index contributed by atoms with van der Waals surface area (Å²) in [5, 5.41) is 24.0. The predicted octanol–water partition coefficient (Wildman–Crippen LogP) is 0.532. The molecule has 0 rings (SSSR count). The van der Waals surface area contributed by atoms with Gasteiger partial charge in [0.15, 0.2) is 0 Å². The molecule has 0 saturated heterocycles. The zero-order valence-electron chi connectivity index (χ0n) is 6.59. The van der Waals surface area contributed by atoms with Gasteiger partial charge in [-0.25, -0.2) is 0 Å². The fourth-order valence-corrected chi connectivity index (χ4v) is 0.0577. The third-order valence-electron chi connectivity index (χ3n) is 0.421. The van der Waals surface area contributed by atoms with Gasteiger partial charge in [-0.05, 0) is 13.8 Å². The Bertz CT molecular complexity index is 72.4. The van der Waals surface area contributed by atoms with Crippen LogP contribution in [0.2, 0.25) is 0 Å². The van der Waals surface area contributed by atoms with Crippen molar-refractivity contribution in [1.82, 2.24) is 0 Å². The Labute approximate surface area is 76.6 Å². The highest BCUT2D eigenvalue weighted by atomic mass is 35.5. The van der Waals surface area contributed by atoms with E-state index in [0.29, 0.717) is 0 Å². The van der Waals surface area contributed by atoms with E-state index in [0.717, 1.165) is 0 Å². The molecule has 0 aromatic carbocycles. The van der Waals surface area contributed by atoms with Gasteiger partial charge in [-0.3, -0.25) is 0 Å². The maximum absolute atomic E-state index is 8.17. The summed E-state index contributed by atoms with van der Waals surface area (Å²) < 4.78 is -0.556. The first-order valence-electron chi connectivity index (χ1n) is 3.09. The fraction of sp³-hybridized carbons (Fsp3) is 1.00. The van der Waals surface area contributed by atoms with Gasteiger partial charge in [0.05, 0.1) is 13.2 Å². The molecule has 0 unspecified atom stereocenters. The molecule has 0 spiro atoms. The molecule has 0 fully saturated rings. The van der Waals surface area contributed by atoms with Crippen molar-refractivity contribution < 1.29 is 15.3 Å². The molecule has 0 aliphatic carbocycles. The Balaban J connectivity index is 0. The van der Waals surface area contributed by atoms with E-state index in [9.17, 15) is 0 Å². The van der Waals surface area contributed by atoms with Crippen molar-refractivity contribution in [3.05, 3.63) is 0 Å². The molecule has 0 aromatic heterocycles. The van der Waals surface area contributed by atoms with Crippen LogP contribution in [0.3, 0.4) is 0 Å². The predicted molar refractivity (Wildman–Crippen MR) is 46.0 cm³/mol. The Morgan fingerprint density at radius 3 is 1.36 bits per heavy atom. The Morgan fingerprint density at radius 1 is 1.18 bits per heavy atom. The number of alkyl halides is 2. The lowest BCUT2D eigenvalue weighted by molar-refractivity contribution is 0.0450. The molecule has 0 bridgehead atoms. The summed E-state index contributed by atoms with van der Waals surface area (Å²) in [6.45, 7) is 2.71. The summed E-state index contributed by atoms with van der Waals surface area (Å²) in [4.78, 5) is 0. The number of halogens is 2. The number of hydrogen-bond donors (Lipinski definition) is 3. The van der Waals surface area contributed by atoms with Gasteiger partial charge in [-0.2, -0.15) is 0 Å². The molecule has 11 heavy (non-hydrogen) atoms. The van der Waals surface area contributed by atoms with Crippen molar-refractivity contribution in [2.45, 2.75) is 24.3 Å². The average Bonchev–Trinajstić information content (AvgIpc) is 1.83. The van der Waals surface area contributed by atoms with Crippen LogP contribution in [0.5, 0.6) is 0 Å². The minimum atomic E-state index is -0.954. The van der Waals surface area contributed by atoms with Crippen molar-refractivity contribution in [2.24, 2.45) is 0 Å². The van der Waals surface area contributed by atoms with Gasteiger partial charge in [-0.15, -0.1) is 23.2 Å². The number of hydrogen-bond acceptors (Lipinski definition) is 3. The highest BCUT2D eigenvalue weighted by molar-refractivity contribution is 6.47. The smallest absolute Gasteiger partial charge is 0.112 e. The summed E-state index contributed by atoms with van der Waals surface area (Å²) >= 11 is 10.6. The van der Waals surface area contributed by atoms with Crippen molar-refractivity contribution in [2.75, 3.05) is 13.2 Å². The van der Waals surface area contributed by atoms with Crippen LogP contribution in [0.25, 0.3) is 0 Å². The van der Waals surface area contributed by atoms with Crippen molar-refractivity contribution in [1.29, 1.82) is 0 Å². The summed E-state index contributed by atoms with van der Waals surface area (Å²) in [5.74, 6) is 0. The number of rotatable bonds is 2.